The number of nitrogens with two attached hydrogens (primary N) is 1. The Morgan fingerprint density at radius 2 is 1.82 bits per heavy atom. The topological polar surface area (TPSA) is 52.3 Å². The first kappa shape index (κ1) is 12.9. The van der Waals surface area contributed by atoms with Gasteiger partial charge in [-0.2, -0.15) is 0 Å². The summed E-state index contributed by atoms with van der Waals surface area (Å²) in [5.41, 5.74) is 5.10. The monoisotopic (exact) mass is 239 g/mol. The summed E-state index contributed by atoms with van der Waals surface area (Å²) in [5, 5.41) is 0. The first-order valence-corrected chi connectivity index (χ1v) is 6.80. The van der Waals surface area contributed by atoms with Crippen molar-refractivity contribution in [1.82, 2.24) is 0 Å². The highest BCUT2D eigenvalue weighted by Crippen LogP contribution is 2.53. The summed E-state index contributed by atoms with van der Waals surface area (Å²) < 4.78 is 5.56. The molecule has 98 valence electrons. The minimum Gasteiger partial charge on any atom is -0.460 e. The van der Waals surface area contributed by atoms with E-state index in [0.717, 1.165) is 12.8 Å². The number of esters is 1. The van der Waals surface area contributed by atoms with Gasteiger partial charge in [0, 0.05) is 6.54 Å². The van der Waals surface area contributed by atoms with E-state index in [1.807, 2.05) is 20.8 Å². The fraction of sp³-hybridized carbons (Fsp3) is 0.929. The largest absolute Gasteiger partial charge is 0.460 e. The van der Waals surface area contributed by atoms with Gasteiger partial charge < -0.3 is 10.5 Å². The fourth-order valence-electron chi connectivity index (χ4n) is 3.54. The first-order valence-electron chi connectivity index (χ1n) is 6.80. The molecule has 0 aliphatic heterocycles. The zero-order valence-electron chi connectivity index (χ0n) is 11.3. The molecule has 2 atom stereocenters. The zero-order valence-corrected chi connectivity index (χ0v) is 11.3. The molecule has 0 spiro atoms. The van der Waals surface area contributed by atoms with E-state index in [1.54, 1.807) is 0 Å². The predicted octanol–water partition coefficient (Wildman–Crippen LogP) is 2.48. The zero-order chi connectivity index (χ0) is 12.7. The van der Waals surface area contributed by atoms with Gasteiger partial charge >= 0.3 is 5.97 Å². The van der Waals surface area contributed by atoms with Crippen LogP contribution in [0.1, 0.15) is 52.9 Å². The predicted molar refractivity (Wildman–Crippen MR) is 67.4 cm³/mol. The molecule has 0 aromatic rings. The maximum Gasteiger partial charge on any atom is 0.313 e. The highest BCUT2D eigenvalue weighted by molar-refractivity contribution is 5.78. The SMILES string of the molecule is CC(C)(C)OC(=O)C1(CN)CC2CCCC2C1. The van der Waals surface area contributed by atoms with Crippen LogP contribution >= 0.6 is 0 Å². The van der Waals surface area contributed by atoms with Crippen molar-refractivity contribution in [3.05, 3.63) is 0 Å². The molecule has 2 fully saturated rings. The van der Waals surface area contributed by atoms with Crippen molar-refractivity contribution in [3.63, 3.8) is 0 Å². The van der Waals surface area contributed by atoms with Gasteiger partial charge in [0.25, 0.3) is 0 Å². The Bertz CT molecular complexity index is 294. The average Bonchev–Trinajstić information content (AvgIpc) is 2.71. The van der Waals surface area contributed by atoms with E-state index in [-0.39, 0.29) is 11.4 Å². The molecule has 2 aliphatic rings. The van der Waals surface area contributed by atoms with Crippen LogP contribution in [0.4, 0.5) is 0 Å². The lowest BCUT2D eigenvalue weighted by molar-refractivity contribution is -0.167. The summed E-state index contributed by atoms with van der Waals surface area (Å²) in [4.78, 5) is 12.3. The smallest absolute Gasteiger partial charge is 0.313 e. The third kappa shape index (κ3) is 2.49. The minimum absolute atomic E-state index is 0.0677. The lowest BCUT2D eigenvalue weighted by Crippen LogP contribution is -2.41. The molecule has 0 saturated heterocycles. The molecule has 17 heavy (non-hydrogen) atoms. The quantitative estimate of drug-likeness (QED) is 0.753. The third-order valence-corrected chi connectivity index (χ3v) is 4.34. The Kier molecular flexibility index (Phi) is 3.23. The molecule has 0 bridgehead atoms. The van der Waals surface area contributed by atoms with Crippen LogP contribution in [0.2, 0.25) is 0 Å². The average molecular weight is 239 g/mol. The Balaban J connectivity index is 2.08. The summed E-state index contributed by atoms with van der Waals surface area (Å²) >= 11 is 0. The highest BCUT2D eigenvalue weighted by Gasteiger charge is 2.52. The van der Waals surface area contributed by atoms with Crippen LogP contribution < -0.4 is 5.73 Å². The number of carbonyl (C=O) groups is 1. The van der Waals surface area contributed by atoms with E-state index in [0.29, 0.717) is 18.4 Å². The van der Waals surface area contributed by atoms with Crippen molar-refractivity contribution in [2.45, 2.75) is 58.5 Å². The van der Waals surface area contributed by atoms with Gasteiger partial charge in [-0.1, -0.05) is 19.3 Å². The molecule has 3 nitrogen and oxygen atoms in total. The molecule has 0 radical (unpaired) electrons. The summed E-state index contributed by atoms with van der Waals surface area (Å²) in [5.74, 6) is 1.36. The normalized spacial score (nSPS) is 36.9. The van der Waals surface area contributed by atoms with Crippen LogP contribution in [0, 0.1) is 17.3 Å². The van der Waals surface area contributed by atoms with Gasteiger partial charge in [0.15, 0.2) is 0 Å². The molecule has 2 saturated carbocycles. The van der Waals surface area contributed by atoms with Crippen LogP contribution in [-0.4, -0.2) is 18.1 Å². The summed E-state index contributed by atoms with van der Waals surface area (Å²) in [6.07, 6.45) is 5.76. The fourth-order valence-corrected chi connectivity index (χ4v) is 3.54. The number of carbonyl (C=O) groups excluding carboxylic acids is 1. The summed E-state index contributed by atoms with van der Waals surface area (Å²) in [7, 11) is 0. The molecular formula is C14H25NO2. The van der Waals surface area contributed by atoms with E-state index in [9.17, 15) is 4.79 Å². The first-order chi connectivity index (χ1) is 7.86. The van der Waals surface area contributed by atoms with Crippen molar-refractivity contribution in [2.24, 2.45) is 23.0 Å². The second-order valence-electron chi connectivity index (χ2n) is 6.85. The minimum atomic E-state index is -0.406. The van der Waals surface area contributed by atoms with E-state index >= 15 is 0 Å². The van der Waals surface area contributed by atoms with Crippen LogP contribution in [0.15, 0.2) is 0 Å². The summed E-state index contributed by atoms with van der Waals surface area (Å²) in [6, 6.07) is 0. The number of fused-ring (bicyclic) bond motifs is 1. The number of hydrogen-bond acceptors (Lipinski definition) is 3. The highest BCUT2D eigenvalue weighted by atomic mass is 16.6. The Hall–Kier alpha value is -0.570. The van der Waals surface area contributed by atoms with E-state index < -0.39 is 5.60 Å². The third-order valence-electron chi connectivity index (χ3n) is 4.34. The van der Waals surface area contributed by atoms with Crippen molar-refractivity contribution in [3.8, 4) is 0 Å². The van der Waals surface area contributed by atoms with Crippen LogP contribution in [0.5, 0.6) is 0 Å². The lowest BCUT2D eigenvalue weighted by atomic mass is 9.83. The van der Waals surface area contributed by atoms with Gasteiger partial charge in [-0.3, -0.25) is 4.79 Å². The second-order valence-corrected chi connectivity index (χ2v) is 6.85. The van der Waals surface area contributed by atoms with Crippen LogP contribution in [0.3, 0.4) is 0 Å². The van der Waals surface area contributed by atoms with Gasteiger partial charge in [0.1, 0.15) is 5.60 Å². The number of rotatable bonds is 2. The molecule has 3 heteroatoms. The maximum absolute atomic E-state index is 12.3. The molecule has 0 aromatic carbocycles. The molecule has 2 unspecified atom stereocenters. The lowest BCUT2D eigenvalue weighted by Gasteiger charge is -2.30. The number of ether oxygens (including phenoxy) is 1. The van der Waals surface area contributed by atoms with Crippen molar-refractivity contribution in [1.29, 1.82) is 0 Å². The van der Waals surface area contributed by atoms with Crippen LogP contribution in [-0.2, 0) is 9.53 Å². The van der Waals surface area contributed by atoms with E-state index in [1.165, 1.54) is 19.3 Å². The number of hydrogen-bond donors (Lipinski definition) is 1. The molecule has 2 rings (SSSR count). The Morgan fingerprint density at radius 3 is 2.24 bits per heavy atom. The molecular weight excluding hydrogens is 214 g/mol. The Morgan fingerprint density at radius 1 is 1.29 bits per heavy atom. The molecule has 0 aromatic heterocycles. The van der Waals surface area contributed by atoms with Crippen molar-refractivity contribution >= 4 is 5.97 Å². The van der Waals surface area contributed by atoms with Gasteiger partial charge in [0.2, 0.25) is 0 Å². The molecule has 2 N–H and O–H groups in total. The van der Waals surface area contributed by atoms with E-state index in [4.69, 9.17) is 10.5 Å². The molecule has 2 aliphatic carbocycles. The van der Waals surface area contributed by atoms with Gasteiger partial charge in [-0.05, 0) is 45.4 Å². The van der Waals surface area contributed by atoms with Gasteiger partial charge in [-0.25, -0.2) is 0 Å². The Labute approximate surface area is 104 Å². The molecule has 0 amide bonds. The molecule has 0 heterocycles. The van der Waals surface area contributed by atoms with Crippen molar-refractivity contribution < 1.29 is 9.53 Å². The summed E-state index contributed by atoms with van der Waals surface area (Å²) in [6.45, 7) is 6.20. The van der Waals surface area contributed by atoms with Crippen LogP contribution in [0.25, 0.3) is 0 Å². The van der Waals surface area contributed by atoms with Gasteiger partial charge in [-0.15, -0.1) is 0 Å². The van der Waals surface area contributed by atoms with Crippen molar-refractivity contribution in [2.75, 3.05) is 6.54 Å². The van der Waals surface area contributed by atoms with Gasteiger partial charge in [0.05, 0.1) is 5.41 Å². The van der Waals surface area contributed by atoms with E-state index in [2.05, 4.69) is 0 Å². The maximum atomic E-state index is 12.3. The standard InChI is InChI=1S/C14H25NO2/c1-13(2,3)17-12(16)14(9-15)7-10-5-4-6-11(10)8-14/h10-11H,4-9,15H2,1-3H3. The second kappa shape index (κ2) is 4.27.